The van der Waals surface area contributed by atoms with E-state index in [0.29, 0.717) is 0 Å². The summed E-state index contributed by atoms with van der Waals surface area (Å²) in [6.45, 7) is 10.8. The highest BCUT2D eigenvalue weighted by Gasteiger charge is 2.07. The molecule has 3 heteroatoms. The van der Waals surface area contributed by atoms with Crippen LogP contribution >= 0.6 is 11.8 Å². The van der Waals surface area contributed by atoms with Gasteiger partial charge < -0.3 is 10.2 Å². The lowest BCUT2D eigenvalue weighted by atomic mass is 10.2. The van der Waals surface area contributed by atoms with Crippen LogP contribution in [0.4, 0.5) is 0 Å². The fourth-order valence-corrected chi connectivity index (χ4v) is 2.92. The summed E-state index contributed by atoms with van der Waals surface area (Å²) < 4.78 is 0. The van der Waals surface area contributed by atoms with E-state index in [2.05, 4.69) is 35.8 Å². The highest BCUT2D eigenvalue weighted by Crippen LogP contribution is 2.10. The number of nitrogens with zero attached hydrogens (tertiary/aromatic N) is 1. The molecule has 1 heterocycles. The first kappa shape index (κ1) is 14.3. The number of rotatable bonds is 7. The van der Waals surface area contributed by atoms with Gasteiger partial charge in [-0.2, -0.15) is 11.8 Å². The van der Waals surface area contributed by atoms with Crippen LogP contribution in [0.25, 0.3) is 0 Å². The van der Waals surface area contributed by atoms with Crippen LogP contribution < -0.4 is 5.32 Å². The van der Waals surface area contributed by atoms with E-state index in [9.17, 15) is 0 Å². The molecule has 1 fully saturated rings. The molecule has 0 aromatic carbocycles. The summed E-state index contributed by atoms with van der Waals surface area (Å²) >= 11 is 2.12. The molecule has 0 spiro atoms. The highest BCUT2D eigenvalue weighted by atomic mass is 32.2. The maximum Gasteiger partial charge on any atom is 0.00723 e. The van der Waals surface area contributed by atoms with E-state index in [0.717, 1.165) is 5.92 Å². The molecule has 0 atom stereocenters. The maximum atomic E-state index is 3.51. The molecule has 0 unspecified atom stereocenters. The van der Waals surface area contributed by atoms with Crippen LogP contribution in [0.5, 0.6) is 0 Å². The van der Waals surface area contributed by atoms with Crippen molar-refractivity contribution in [1.82, 2.24) is 10.2 Å². The van der Waals surface area contributed by atoms with Gasteiger partial charge in [0.2, 0.25) is 0 Å². The van der Waals surface area contributed by atoms with Crippen LogP contribution in [0.3, 0.4) is 0 Å². The molecule has 1 rings (SSSR count). The zero-order valence-corrected chi connectivity index (χ0v) is 11.8. The molecule has 0 radical (unpaired) electrons. The highest BCUT2D eigenvalue weighted by molar-refractivity contribution is 7.99. The smallest absolute Gasteiger partial charge is 0.00723 e. The zero-order chi connectivity index (χ0) is 11.6. The second-order valence-electron chi connectivity index (χ2n) is 5.11. The lowest BCUT2D eigenvalue weighted by molar-refractivity contribution is 0.288. The third kappa shape index (κ3) is 7.53. The van der Waals surface area contributed by atoms with Crippen molar-refractivity contribution in [2.24, 2.45) is 5.92 Å². The predicted octanol–water partition coefficient (Wildman–Crippen LogP) is 2.45. The van der Waals surface area contributed by atoms with Crippen molar-refractivity contribution in [3.8, 4) is 0 Å². The summed E-state index contributed by atoms with van der Waals surface area (Å²) in [6, 6.07) is 0. The van der Waals surface area contributed by atoms with Crippen LogP contribution in [0.2, 0.25) is 0 Å². The minimum atomic E-state index is 0.780. The van der Waals surface area contributed by atoms with Crippen molar-refractivity contribution in [3.05, 3.63) is 0 Å². The minimum absolute atomic E-state index is 0.780. The van der Waals surface area contributed by atoms with Crippen molar-refractivity contribution < 1.29 is 0 Å². The molecule has 1 aliphatic rings. The molecule has 0 aromatic rings. The van der Waals surface area contributed by atoms with Crippen molar-refractivity contribution >= 4 is 11.8 Å². The van der Waals surface area contributed by atoms with E-state index >= 15 is 0 Å². The number of hydrogen-bond donors (Lipinski definition) is 1. The summed E-state index contributed by atoms with van der Waals surface area (Å²) in [7, 11) is 0. The average molecular weight is 244 g/mol. The van der Waals surface area contributed by atoms with Crippen molar-refractivity contribution in [1.29, 1.82) is 0 Å². The molecular formula is C13H28N2S. The number of nitrogens with one attached hydrogen (secondary N) is 1. The molecule has 1 N–H and O–H groups in total. The Labute approximate surface area is 106 Å². The van der Waals surface area contributed by atoms with Gasteiger partial charge in [-0.25, -0.2) is 0 Å². The van der Waals surface area contributed by atoms with E-state index < -0.39 is 0 Å². The number of thioether (sulfide) groups is 1. The lowest BCUT2D eigenvalue weighted by Gasteiger charge is -2.19. The monoisotopic (exact) mass is 244 g/mol. The quantitative estimate of drug-likeness (QED) is 0.693. The zero-order valence-electron chi connectivity index (χ0n) is 11.0. The molecule has 0 amide bonds. The summed E-state index contributed by atoms with van der Waals surface area (Å²) in [5, 5.41) is 3.51. The summed E-state index contributed by atoms with van der Waals surface area (Å²) in [6.07, 6.45) is 4.07. The van der Waals surface area contributed by atoms with Gasteiger partial charge in [0.05, 0.1) is 0 Å². The first-order valence-electron chi connectivity index (χ1n) is 6.80. The van der Waals surface area contributed by atoms with E-state index in [-0.39, 0.29) is 0 Å². The molecule has 16 heavy (non-hydrogen) atoms. The Balaban J connectivity index is 1.89. The van der Waals surface area contributed by atoms with Crippen LogP contribution in [0.15, 0.2) is 0 Å². The average Bonchev–Trinajstić information content (AvgIpc) is 2.51. The van der Waals surface area contributed by atoms with Crippen LogP contribution in [0.1, 0.15) is 33.1 Å². The van der Waals surface area contributed by atoms with Gasteiger partial charge in [0.25, 0.3) is 0 Å². The Bertz CT molecular complexity index is 154. The molecule has 0 saturated carbocycles. The van der Waals surface area contributed by atoms with Crippen LogP contribution in [0, 0.1) is 5.92 Å². The van der Waals surface area contributed by atoms with Gasteiger partial charge in [0.1, 0.15) is 0 Å². The third-order valence-electron chi connectivity index (χ3n) is 2.95. The van der Waals surface area contributed by atoms with E-state index in [1.807, 2.05) is 0 Å². The van der Waals surface area contributed by atoms with Gasteiger partial charge in [0.15, 0.2) is 0 Å². The second-order valence-corrected chi connectivity index (χ2v) is 6.34. The van der Waals surface area contributed by atoms with Crippen molar-refractivity contribution in [2.45, 2.75) is 33.1 Å². The van der Waals surface area contributed by atoms with Gasteiger partial charge in [0, 0.05) is 12.3 Å². The first-order valence-corrected chi connectivity index (χ1v) is 7.95. The predicted molar refractivity (Wildman–Crippen MR) is 75.3 cm³/mol. The molecule has 96 valence electrons. The molecule has 0 aromatic heterocycles. The maximum absolute atomic E-state index is 3.51. The topological polar surface area (TPSA) is 15.3 Å². The SMILES string of the molecule is CC(C)CNCCCCN1CCCSCC1. The van der Waals surface area contributed by atoms with Crippen molar-refractivity contribution in [2.75, 3.05) is 44.2 Å². The van der Waals surface area contributed by atoms with Crippen molar-refractivity contribution in [3.63, 3.8) is 0 Å². The fourth-order valence-electron chi connectivity index (χ4n) is 2.00. The Kier molecular flexibility index (Phi) is 8.34. The Morgan fingerprint density at radius 3 is 2.88 bits per heavy atom. The van der Waals surface area contributed by atoms with E-state index in [1.165, 1.54) is 63.5 Å². The van der Waals surface area contributed by atoms with E-state index in [1.54, 1.807) is 0 Å². The fraction of sp³-hybridized carbons (Fsp3) is 1.00. The third-order valence-corrected chi connectivity index (χ3v) is 3.99. The van der Waals surface area contributed by atoms with Crippen LogP contribution in [-0.4, -0.2) is 49.1 Å². The van der Waals surface area contributed by atoms with Gasteiger partial charge in [-0.05, 0) is 57.1 Å². The molecule has 0 aliphatic carbocycles. The standard InChI is InChI=1S/C13H28N2S/c1-13(2)12-14-6-3-4-7-15-8-5-10-16-11-9-15/h13-14H,3-12H2,1-2H3. The molecule has 2 nitrogen and oxygen atoms in total. The molecule has 1 aliphatic heterocycles. The normalized spacial score (nSPS) is 18.9. The Hall–Kier alpha value is 0.270. The summed E-state index contributed by atoms with van der Waals surface area (Å²) in [5.74, 6) is 3.49. The van der Waals surface area contributed by atoms with Crippen LogP contribution in [-0.2, 0) is 0 Å². The van der Waals surface area contributed by atoms with Gasteiger partial charge in [-0.15, -0.1) is 0 Å². The number of hydrogen-bond acceptors (Lipinski definition) is 3. The van der Waals surface area contributed by atoms with E-state index in [4.69, 9.17) is 0 Å². The van der Waals surface area contributed by atoms with Gasteiger partial charge >= 0.3 is 0 Å². The number of unbranched alkanes of at least 4 members (excludes halogenated alkanes) is 1. The lowest BCUT2D eigenvalue weighted by Crippen LogP contribution is -2.28. The molecule has 1 saturated heterocycles. The largest absolute Gasteiger partial charge is 0.316 e. The molecule has 0 bridgehead atoms. The summed E-state index contributed by atoms with van der Waals surface area (Å²) in [4.78, 5) is 2.64. The molecular weight excluding hydrogens is 216 g/mol. The first-order chi connectivity index (χ1) is 7.79. The Morgan fingerprint density at radius 1 is 1.19 bits per heavy atom. The Morgan fingerprint density at radius 2 is 2.06 bits per heavy atom. The summed E-state index contributed by atoms with van der Waals surface area (Å²) in [5.41, 5.74) is 0. The van der Waals surface area contributed by atoms with Gasteiger partial charge in [-0.1, -0.05) is 13.8 Å². The minimum Gasteiger partial charge on any atom is -0.316 e. The second kappa shape index (κ2) is 9.32. The van der Waals surface area contributed by atoms with Gasteiger partial charge in [-0.3, -0.25) is 0 Å².